The van der Waals surface area contributed by atoms with Gasteiger partial charge in [-0.15, -0.1) is 0 Å². The Balaban J connectivity index is 2.03. The van der Waals surface area contributed by atoms with E-state index in [0.29, 0.717) is 11.6 Å². The van der Waals surface area contributed by atoms with E-state index >= 15 is 0 Å². The molecule has 1 saturated heterocycles. The molecule has 1 aliphatic heterocycles. The van der Waals surface area contributed by atoms with Crippen LogP contribution in [0.25, 0.3) is 0 Å². The first-order valence-corrected chi connectivity index (χ1v) is 5.75. The Bertz CT molecular complexity index is 354. The number of hydrogen-bond donors (Lipinski definition) is 1. The number of nitrogens with zero attached hydrogens (tertiary/aromatic N) is 1. The maximum atomic E-state index is 11.5. The third-order valence-corrected chi connectivity index (χ3v) is 3.14. The number of esters is 1. The number of nitrogens with one attached hydrogen (secondary N) is 1. The maximum absolute atomic E-state index is 11.5. The summed E-state index contributed by atoms with van der Waals surface area (Å²) in [5.41, 5.74) is 0.654. The van der Waals surface area contributed by atoms with Gasteiger partial charge in [0.2, 0.25) is 0 Å². The summed E-state index contributed by atoms with van der Waals surface area (Å²) < 4.78 is 6.75. The molecule has 0 radical (unpaired) electrons. The van der Waals surface area contributed by atoms with E-state index in [-0.39, 0.29) is 5.97 Å². The molecule has 0 amide bonds. The van der Waals surface area contributed by atoms with Gasteiger partial charge < -0.3 is 14.6 Å². The van der Waals surface area contributed by atoms with Crippen LogP contribution < -0.4 is 5.32 Å². The fourth-order valence-corrected chi connectivity index (χ4v) is 2.21. The van der Waals surface area contributed by atoms with E-state index in [1.807, 2.05) is 22.9 Å². The van der Waals surface area contributed by atoms with Crippen molar-refractivity contribution in [3.63, 3.8) is 0 Å². The van der Waals surface area contributed by atoms with Crippen LogP contribution in [0.5, 0.6) is 0 Å². The minimum Gasteiger partial charge on any atom is -0.464 e. The summed E-state index contributed by atoms with van der Waals surface area (Å²) in [5, 5.41) is 3.34. The number of carbonyl (C=O) groups is 1. The van der Waals surface area contributed by atoms with Crippen LogP contribution in [0.15, 0.2) is 18.3 Å². The molecule has 2 rings (SSSR count). The van der Waals surface area contributed by atoms with E-state index in [1.54, 1.807) is 0 Å². The second kappa shape index (κ2) is 5.16. The quantitative estimate of drug-likeness (QED) is 0.783. The Morgan fingerprint density at radius 1 is 1.56 bits per heavy atom. The largest absolute Gasteiger partial charge is 0.464 e. The molecule has 0 aromatic carbocycles. The molecule has 88 valence electrons. The van der Waals surface area contributed by atoms with Gasteiger partial charge in [0.1, 0.15) is 5.69 Å². The number of ether oxygens (including phenoxy) is 1. The SMILES string of the molecule is COC(=O)c1cccn1CC1CCNCC1. The van der Waals surface area contributed by atoms with Gasteiger partial charge in [0, 0.05) is 12.7 Å². The van der Waals surface area contributed by atoms with E-state index < -0.39 is 0 Å². The van der Waals surface area contributed by atoms with Crippen molar-refractivity contribution in [2.24, 2.45) is 5.92 Å². The molecule has 2 heterocycles. The topological polar surface area (TPSA) is 43.3 Å². The standard InChI is InChI=1S/C12H18N2O2/c1-16-12(15)11-3-2-8-14(11)9-10-4-6-13-7-5-10/h2-3,8,10,13H,4-7,9H2,1H3. The van der Waals surface area contributed by atoms with Crippen LogP contribution in [-0.2, 0) is 11.3 Å². The smallest absolute Gasteiger partial charge is 0.354 e. The summed E-state index contributed by atoms with van der Waals surface area (Å²) in [5.74, 6) is 0.413. The summed E-state index contributed by atoms with van der Waals surface area (Å²) in [6.07, 6.45) is 4.31. The number of methoxy groups -OCH3 is 1. The lowest BCUT2D eigenvalue weighted by Crippen LogP contribution is -2.30. The van der Waals surface area contributed by atoms with Crippen molar-refractivity contribution in [1.82, 2.24) is 9.88 Å². The monoisotopic (exact) mass is 222 g/mol. The maximum Gasteiger partial charge on any atom is 0.354 e. The zero-order valence-electron chi connectivity index (χ0n) is 9.61. The Labute approximate surface area is 95.6 Å². The summed E-state index contributed by atoms with van der Waals surface area (Å²) >= 11 is 0. The normalized spacial score (nSPS) is 17.3. The van der Waals surface area contributed by atoms with E-state index in [0.717, 1.165) is 19.6 Å². The Hall–Kier alpha value is -1.29. The number of rotatable bonds is 3. The molecule has 0 spiro atoms. The number of aromatic nitrogens is 1. The van der Waals surface area contributed by atoms with Crippen molar-refractivity contribution in [1.29, 1.82) is 0 Å². The third-order valence-electron chi connectivity index (χ3n) is 3.14. The molecular weight excluding hydrogens is 204 g/mol. The number of hydrogen-bond acceptors (Lipinski definition) is 3. The average molecular weight is 222 g/mol. The first-order valence-electron chi connectivity index (χ1n) is 5.75. The van der Waals surface area contributed by atoms with Crippen LogP contribution >= 0.6 is 0 Å². The Kier molecular flexibility index (Phi) is 3.62. The zero-order chi connectivity index (χ0) is 11.4. The van der Waals surface area contributed by atoms with Crippen molar-refractivity contribution in [2.75, 3.05) is 20.2 Å². The summed E-state index contributed by atoms with van der Waals surface area (Å²) in [6, 6.07) is 3.71. The van der Waals surface area contributed by atoms with Crippen molar-refractivity contribution in [3.05, 3.63) is 24.0 Å². The van der Waals surface area contributed by atoms with Crippen LogP contribution in [0, 0.1) is 5.92 Å². The molecule has 1 aliphatic rings. The molecule has 1 fully saturated rings. The van der Waals surface area contributed by atoms with Gasteiger partial charge in [-0.3, -0.25) is 0 Å². The molecule has 1 aromatic heterocycles. The molecule has 0 saturated carbocycles. The number of carbonyl (C=O) groups excluding carboxylic acids is 1. The van der Waals surface area contributed by atoms with Crippen molar-refractivity contribution in [2.45, 2.75) is 19.4 Å². The molecule has 16 heavy (non-hydrogen) atoms. The highest BCUT2D eigenvalue weighted by Crippen LogP contribution is 2.16. The first kappa shape index (κ1) is 11.2. The van der Waals surface area contributed by atoms with Gasteiger partial charge in [0.25, 0.3) is 0 Å². The lowest BCUT2D eigenvalue weighted by atomic mass is 9.98. The minimum atomic E-state index is -0.251. The lowest BCUT2D eigenvalue weighted by Gasteiger charge is -2.23. The highest BCUT2D eigenvalue weighted by atomic mass is 16.5. The molecule has 4 heteroatoms. The molecule has 0 bridgehead atoms. The molecule has 0 unspecified atom stereocenters. The fourth-order valence-electron chi connectivity index (χ4n) is 2.21. The first-order chi connectivity index (χ1) is 7.81. The van der Waals surface area contributed by atoms with Gasteiger partial charge in [-0.25, -0.2) is 4.79 Å². The second-order valence-corrected chi connectivity index (χ2v) is 4.23. The molecular formula is C12H18N2O2. The highest BCUT2D eigenvalue weighted by molar-refractivity contribution is 5.87. The lowest BCUT2D eigenvalue weighted by molar-refractivity contribution is 0.0587. The third kappa shape index (κ3) is 2.44. The van der Waals surface area contributed by atoms with Gasteiger partial charge in [-0.1, -0.05) is 0 Å². The second-order valence-electron chi connectivity index (χ2n) is 4.23. The van der Waals surface area contributed by atoms with Crippen LogP contribution in [0.1, 0.15) is 23.3 Å². The molecule has 1 N–H and O–H groups in total. The Morgan fingerprint density at radius 3 is 3.00 bits per heavy atom. The molecule has 1 aromatic rings. The van der Waals surface area contributed by atoms with E-state index in [2.05, 4.69) is 5.32 Å². The summed E-state index contributed by atoms with van der Waals surface area (Å²) in [6.45, 7) is 3.08. The fraction of sp³-hybridized carbons (Fsp3) is 0.583. The zero-order valence-corrected chi connectivity index (χ0v) is 9.61. The van der Waals surface area contributed by atoms with Gasteiger partial charge in [-0.2, -0.15) is 0 Å². The van der Waals surface area contributed by atoms with E-state index in [4.69, 9.17) is 4.74 Å². The average Bonchev–Trinajstić information content (AvgIpc) is 2.77. The number of piperidine rings is 1. The van der Waals surface area contributed by atoms with Crippen LogP contribution in [0.4, 0.5) is 0 Å². The highest BCUT2D eigenvalue weighted by Gasteiger charge is 2.17. The predicted molar refractivity (Wildman–Crippen MR) is 61.4 cm³/mol. The van der Waals surface area contributed by atoms with Gasteiger partial charge in [0.15, 0.2) is 0 Å². The van der Waals surface area contributed by atoms with Crippen LogP contribution in [-0.4, -0.2) is 30.7 Å². The van der Waals surface area contributed by atoms with Crippen LogP contribution in [0.2, 0.25) is 0 Å². The predicted octanol–water partition coefficient (Wildman–Crippen LogP) is 1.27. The molecule has 0 atom stereocenters. The van der Waals surface area contributed by atoms with Crippen molar-refractivity contribution in [3.8, 4) is 0 Å². The minimum absolute atomic E-state index is 0.251. The molecule has 0 aliphatic carbocycles. The van der Waals surface area contributed by atoms with Crippen molar-refractivity contribution < 1.29 is 9.53 Å². The van der Waals surface area contributed by atoms with Crippen LogP contribution in [0.3, 0.4) is 0 Å². The Morgan fingerprint density at radius 2 is 2.31 bits per heavy atom. The van der Waals surface area contributed by atoms with Crippen molar-refractivity contribution >= 4 is 5.97 Å². The van der Waals surface area contributed by atoms with E-state index in [9.17, 15) is 4.79 Å². The summed E-state index contributed by atoms with van der Waals surface area (Å²) in [7, 11) is 1.42. The van der Waals surface area contributed by atoms with Gasteiger partial charge in [0.05, 0.1) is 7.11 Å². The van der Waals surface area contributed by atoms with E-state index in [1.165, 1.54) is 20.0 Å². The molecule has 4 nitrogen and oxygen atoms in total. The van der Waals surface area contributed by atoms with Gasteiger partial charge in [-0.05, 0) is 44.0 Å². The summed E-state index contributed by atoms with van der Waals surface area (Å²) in [4.78, 5) is 11.5. The van der Waals surface area contributed by atoms with Gasteiger partial charge >= 0.3 is 5.97 Å².